The first kappa shape index (κ1) is 12.5. The predicted molar refractivity (Wildman–Crippen MR) is 77.7 cm³/mol. The van der Waals surface area contributed by atoms with Crippen LogP contribution in [-0.2, 0) is 6.42 Å². The van der Waals surface area contributed by atoms with E-state index in [4.69, 9.17) is 0 Å². The Morgan fingerprint density at radius 2 is 1.50 bits per heavy atom. The molecule has 0 heterocycles. The average Bonchev–Trinajstić information content (AvgIpc) is 2.39. The van der Waals surface area contributed by atoms with Crippen LogP contribution in [0, 0.1) is 25.7 Å². The number of rotatable bonds is 1. The van der Waals surface area contributed by atoms with Crippen molar-refractivity contribution in [2.75, 3.05) is 0 Å². The molecule has 0 aliphatic carbocycles. The molecule has 0 saturated carbocycles. The molecule has 0 amide bonds. The maximum Gasteiger partial charge on any atom is 0.0281 e. The van der Waals surface area contributed by atoms with E-state index in [2.05, 4.69) is 75.1 Å². The summed E-state index contributed by atoms with van der Waals surface area (Å²) in [5, 5.41) is 0. The molecular formula is C18H18. The van der Waals surface area contributed by atoms with Gasteiger partial charge in [0, 0.05) is 11.1 Å². The molecule has 90 valence electrons. The fourth-order valence-electron chi connectivity index (χ4n) is 1.91. The van der Waals surface area contributed by atoms with Crippen LogP contribution in [0.5, 0.6) is 0 Å². The fourth-order valence-corrected chi connectivity index (χ4v) is 1.91. The molecule has 0 N–H and O–H groups in total. The quantitative estimate of drug-likeness (QED) is 0.646. The van der Waals surface area contributed by atoms with E-state index in [1.165, 1.54) is 16.7 Å². The van der Waals surface area contributed by atoms with Crippen LogP contribution >= 0.6 is 0 Å². The minimum Gasteiger partial charge on any atom is -0.0616 e. The van der Waals surface area contributed by atoms with E-state index >= 15 is 0 Å². The van der Waals surface area contributed by atoms with E-state index in [9.17, 15) is 0 Å². The molecule has 0 saturated heterocycles. The largest absolute Gasteiger partial charge is 0.0616 e. The summed E-state index contributed by atoms with van der Waals surface area (Å²) in [5.74, 6) is 6.51. The van der Waals surface area contributed by atoms with E-state index < -0.39 is 0 Å². The van der Waals surface area contributed by atoms with Gasteiger partial charge in [-0.1, -0.05) is 54.2 Å². The van der Waals surface area contributed by atoms with E-state index in [1.807, 2.05) is 0 Å². The predicted octanol–water partition coefficient (Wildman–Crippen LogP) is 4.27. The standard InChI is InChI=1S/C18H18/c1-4-17-13-15(3)7-11-18(17)12-10-16-8-5-14(2)6-9-16/h5-9,11,13H,4H2,1-3H3. The maximum atomic E-state index is 3.28. The van der Waals surface area contributed by atoms with Gasteiger partial charge in [-0.25, -0.2) is 0 Å². The molecule has 0 atom stereocenters. The Morgan fingerprint density at radius 3 is 2.17 bits per heavy atom. The SMILES string of the molecule is CCc1cc(C)ccc1C#Cc1ccc(C)cc1. The number of benzene rings is 2. The van der Waals surface area contributed by atoms with Gasteiger partial charge in [0.05, 0.1) is 0 Å². The van der Waals surface area contributed by atoms with Gasteiger partial charge in [0.1, 0.15) is 0 Å². The molecule has 2 aromatic rings. The van der Waals surface area contributed by atoms with Crippen LogP contribution in [0.4, 0.5) is 0 Å². The highest BCUT2D eigenvalue weighted by atomic mass is 14.0. The second kappa shape index (κ2) is 5.56. The third kappa shape index (κ3) is 3.02. The Bertz CT molecular complexity index is 592. The molecule has 2 rings (SSSR count). The van der Waals surface area contributed by atoms with Crippen molar-refractivity contribution in [3.63, 3.8) is 0 Å². The maximum absolute atomic E-state index is 3.28. The first-order valence-electron chi connectivity index (χ1n) is 6.37. The lowest BCUT2D eigenvalue weighted by Crippen LogP contribution is -1.88. The van der Waals surface area contributed by atoms with Crippen LogP contribution in [0.15, 0.2) is 42.5 Å². The monoisotopic (exact) mass is 234 g/mol. The van der Waals surface area contributed by atoms with E-state index in [1.54, 1.807) is 0 Å². The van der Waals surface area contributed by atoms with Crippen molar-refractivity contribution in [2.24, 2.45) is 0 Å². The minimum atomic E-state index is 1.03. The Kier molecular flexibility index (Phi) is 3.85. The van der Waals surface area contributed by atoms with Gasteiger partial charge < -0.3 is 0 Å². The lowest BCUT2D eigenvalue weighted by molar-refractivity contribution is 1.12. The second-order valence-electron chi connectivity index (χ2n) is 4.63. The van der Waals surface area contributed by atoms with E-state index in [-0.39, 0.29) is 0 Å². The Balaban J connectivity index is 2.32. The first-order valence-corrected chi connectivity index (χ1v) is 6.37. The zero-order valence-corrected chi connectivity index (χ0v) is 11.2. The fraction of sp³-hybridized carbons (Fsp3) is 0.222. The lowest BCUT2D eigenvalue weighted by Gasteiger charge is -2.02. The summed E-state index contributed by atoms with van der Waals surface area (Å²) in [6, 6.07) is 14.8. The van der Waals surface area contributed by atoms with Crippen molar-refractivity contribution in [1.29, 1.82) is 0 Å². The van der Waals surface area contributed by atoms with Crippen LogP contribution in [0.25, 0.3) is 0 Å². The number of aryl methyl sites for hydroxylation is 3. The zero-order valence-electron chi connectivity index (χ0n) is 11.2. The van der Waals surface area contributed by atoms with Crippen molar-refractivity contribution in [2.45, 2.75) is 27.2 Å². The Labute approximate surface area is 110 Å². The molecular weight excluding hydrogens is 216 g/mol. The van der Waals surface area contributed by atoms with Crippen molar-refractivity contribution in [3.05, 3.63) is 70.3 Å². The first-order chi connectivity index (χ1) is 8.69. The van der Waals surface area contributed by atoms with Crippen LogP contribution < -0.4 is 0 Å². The summed E-state index contributed by atoms with van der Waals surface area (Å²) in [4.78, 5) is 0. The molecule has 2 aromatic carbocycles. The lowest BCUT2D eigenvalue weighted by atomic mass is 10.0. The summed E-state index contributed by atoms with van der Waals surface area (Å²) >= 11 is 0. The summed E-state index contributed by atoms with van der Waals surface area (Å²) in [6.07, 6.45) is 1.03. The highest BCUT2D eigenvalue weighted by Crippen LogP contribution is 2.11. The van der Waals surface area contributed by atoms with Crippen LogP contribution in [0.3, 0.4) is 0 Å². The van der Waals surface area contributed by atoms with Crippen molar-refractivity contribution >= 4 is 0 Å². The van der Waals surface area contributed by atoms with Gasteiger partial charge in [-0.15, -0.1) is 0 Å². The third-order valence-electron chi connectivity index (χ3n) is 3.03. The van der Waals surface area contributed by atoms with Gasteiger partial charge in [-0.2, -0.15) is 0 Å². The Morgan fingerprint density at radius 1 is 0.833 bits per heavy atom. The topological polar surface area (TPSA) is 0 Å². The molecule has 18 heavy (non-hydrogen) atoms. The van der Waals surface area contributed by atoms with E-state index in [0.29, 0.717) is 0 Å². The van der Waals surface area contributed by atoms with Gasteiger partial charge in [0.25, 0.3) is 0 Å². The zero-order chi connectivity index (χ0) is 13.0. The normalized spacial score (nSPS) is 9.72. The van der Waals surface area contributed by atoms with Crippen LogP contribution in [-0.4, -0.2) is 0 Å². The summed E-state index contributed by atoms with van der Waals surface area (Å²) in [6.45, 7) is 6.38. The number of hydrogen-bond acceptors (Lipinski definition) is 0. The van der Waals surface area contributed by atoms with Gasteiger partial charge in [-0.05, 0) is 44.0 Å². The molecule has 0 unspecified atom stereocenters. The van der Waals surface area contributed by atoms with Gasteiger partial charge in [0.15, 0.2) is 0 Å². The van der Waals surface area contributed by atoms with Gasteiger partial charge in [0.2, 0.25) is 0 Å². The average molecular weight is 234 g/mol. The van der Waals surface area contributed by atoms with Crippen LogP contribution in [0.1, 0.15) is 34.7 Å². The molecule has 0 aliphatic rings. The van der Waals surface area contributed by atoms with Gasteiger partial charge in [-0.3, -0.25) is 0 Å². The molecule has 0 aromatic heterocycles. The molecule has 0 radical (unpaired) electrons. The van der Waals surface area contributed by atoms with E-state index in [0.717, 1.165) is 17.5 Å². The molecule has 0 aliphatic heterocycles. The van der Waals surface area contributed by atoms with Gasteiger partial charge >= 0.3 is 0 Å². The molecule has 0 spiro atoms. The Hall–Kier alpha value is -2.00. The highest BCUT2D eigenvalue weighted by Gasteiger charge is 1.97. The molecule has 0 nitrogen and oxygen atoms in total. The molecule has 0 bridgehead atoms. The van der Waals surface area contributed by atoms with Crippen molar-refractivity contribution < 1.29 is 0 Å². The molecule has 0 heteroatoms. The second-order valence-corrected chi connectivity index (χ2v) is 4.63. The number of hydrogen-bond donors (Lipinski definition) is 0. The smallest absolute Gasteiger partial charge is 0.0281 e. The van der Waals surface area contributed by atoms with Crippen LogP contribution in [0.2, 0.25) is 0 Å². The third-order valence-corrected chi connectivity index (χ3v) is 3.03. The van der Waals surface area contributed by atoms with Crippen molar-refractivity contribution in [3.8, 4) is 11.8 Å². The minimum absolute atomic E-state index is 1.03. The summed E-state index contributed by atoms with van der Waals surface area (Å²) < 4.78 is 0. The highest BCUT2D eigenvalue weighted by molar-refractivity contribution is 5.47. The summed E-state index contributed by atoms with van der Waals surface area (Å²) in [5.41, 5.74) is 6.11. The van der Waals surface area contributed by atoms with Crippen molar-refractivity contribution in [1.82, 2.24) is 0 Å². The summed E-state index contributed by atoms with van der Waals surface area (Å²) in [7, 11) is 0. The molecule has 0 fully saturated rings.